The van der Waals surface area contributed by atoms with Crippen LogP contribution in [0.1, 0.15) is 181 Å². The fourth-order valence-corrected chi connectivity index (χ4v) is 6.18. The number of rotatable bonds is 31. The fraction of sp³-hybridized carbons (Fsp3) is 1.00. The number of hydrogen-bond donors (Lipinski definition) is 3. The minimum absolute atomic E-state index is 0.347. The first-order chi connectivity index (χ1) is 18.2. The Morgan fingerprint density at radius 3 is 0.784 bits per heavy atom. The van der Waals surface area contributed by atoms with Gasteiger partial charge in [-0.05, 0) is 37.0 Å². The third-order valence-electron chi connectivity index (χ3n) is 8.74. The van der Waals surface area contributed by atoms with Crippen LogP contribution in [-0.4, -0.2) is 35.1 Å². The van der Waals surface area contributed by atoms with E-state index in [9.17, 15) is 15.3 Å². The summed E-state index contributed by atoms with van der Waals surface area (Å²) in [5, 5.41) is 28.2. The lowest BCUT2D eigenvalue weighted by Crippen LogP contribution is -2.04. The summed E-state index contributed by atoms with van der Waals surface area (Å²) in [7, 11) is 0. The molecule has 0 amide bonds. The first-order valence-corrected chi connectivity index (χ1v) is 17.0. The number of hydrogen-bond acceptors (Lipinski definition) is 3. The molecule has 0 aliphatic carbocycles. The van der Waals surface area contributed by atoms with Crippen LogP contribution in [-0.2, 0) is 0 Å². The van der Waals surface area contributed by atoms with Crippen LogP contribution in [0.2, 0.25) is 0 Å². The first-order valence-electron chi connectivity index (χ1n) is 17.0. The molecule has 0 rings (SSSR count). The lowest BCUT2D eigenvalue weighted by molar-refractivity contribution is 0.239. The van der Waals surface area contributed by atoms with Gasteiger partial charge in [0.1, 0.15) is 0 Å². The Hall–Kier alpha value is -0.120. The van der Waals surface area contributed by atoms with E-state index < -0.39 is 0 Å². The van der Waals surface area contributed by atoms with Crippen LogP contribution < -0.4 is 0 Å². The van der Waals surface area contributed by atoms with Crippen molar-refractivity contribution in [2.75, 3.05) is 19.8 Å². The minimum atomic E-state index is 0.347. The maximum Gasteiger partial charge on any atom is 0.0433 e. The largest absolute Gasteiger partial charge is 0.396 e. The predicted octanol–water partition coefficient (Wildman–Crippen LogP) is 9.99. The van der Waals surface area contributed by atoms with Gasteiger partial charge in [0.2, 0.25) is 0 Å². The maximum atomic E-state index is 9.51. The fourth-order valence-electron chi connectivity index (χ4n) is 6.18. The highest BCUT2D eigenvalue weighted by atomic mass is 16.3. The van der Waals surface area contributed by atoms with E-state index in [1.807, 2.05) is 0 Å². The monoisotopic (exact) mass is 527 g/mol. The molecule has 0 fully saturated rings. The Labute approximate surface area is 233 Å². The zero-order chi connectivity index (χ0) is 27.2. The lowest BCUT2D eigenvalue weighted by atomic mass is 9.90. The number of aliphatic hydroxyl groups excluding tert-OH is 3. The van der Waals surface area contributed by atoms with E-state index in [0.717, 1.165) is 37.0 Å². The number of aliphatic hydroxyl groups is 3. The van der Waals surface area contributed by atoms with Crippen molar-refractivity contribution in [2.24, 2.45) is 17.8 Å². The molecule has 3 heteroatoms. The van der Waals surface area contributed by atoms with Crippen molar-refractivity contribution >= 4 is 0 Å². The summed E-state index contributed by atoms with van der Waals surface area (Å²) in [5.41, 5.74) is 0. The molecule has 0 aliphatic heterocycles. The summed E-state index contributed by atoms with van der Waals surface area (Å²) in [4.78, 5) is 0. The second kappa shape index (κ2) is 30.4. The van der Waals surface area contributed by atoms with Gasteiger partial charge < -0.3 is 15.3 Å². The van der Waals surface area contributed by atoms with Crippen molar-refractivity contribution in [3.63, 3.8) is 0 Å². The van der Waals surface area contributed by atoms with Crippen LogP contribution >= 0.6 is 0 Å². The van der Waals surface area contributed by atoms with Gasteiger partial charge >= 0.3 is 0 Å². The molecule has 0 heterocycles. The highest BCUT2D eigenvalue weighted by molar-refractivity contribution is 4.64. The third-order valence-corrected chi connectivity index (χ3v) is 8.74. The topological polar surface area (TPSA) is 60.7 Å². The normalized spacial score (nSPS) is 14.2. The first kappa shape index (κ1) is 36.9. The van der Waals surface area contributed by atoms with Crippen molar-refractivity contribution in [2.45, 2.75) is 181 Å². The van der Waals surface area contributed by atoms with E-state index in [1.54, 1.807) is 0 Å². The van der Waals surface area contributed by atoms with E-state index >= 15 is 0 Å². The molecule has 37 heavy (non-hydrogen) atoms. The van der Waals surface area contributed by atoms with Crippen molar-refractivity contribution in [1.82, 2.24) is 0 Å². The Morgan fingerprint density at radius 2 is 0.514 bits per heavy atom. The molecule has 3 unspecified atom stereocenters. The summed E-state index contributed by atoms with van der Waals surface area (Å²) in [5.74, 6) is 2.20. The van der Waals surface area contributed by atoms with E-state index in [1.165, 1.54) is 148 Å². The molecular weight excluding hydrogens is 456 g/mol. The highest BCUT2D eigenvalue weighted by Crippen LogP contribution is 2.25. The van der Waals surface area contributed by atoms with Crippen LogP contribution in [0.5, 0.6) is 0 Å². The average molecular weight is 527 g/mol. The molecule has 0 aromatic rings. The van der Waals surface area contributed by atoms with E-state index in [-0.39, 0.29) is 0 Å². The quantitative estimate of drug-likeness (QED) is 0.0787. The van der Waals surface area contributed by atoms with Gasteiger partial charge in [-0.25, -0.2) is 0 Å². The van der Waals surface area contributed by atoms with Crippen molar-refractivity contribution in [3.8, 4) is 0 Å². The summed E-state index contributed by atoms with van der Waals surface area (Å²) in [6.45, 7) is 5.59. The minimum Gasteiger partial charge on any atom is -0.396 e. The Bertz CT molecular complexity index is 414. The van der Waals surface area contributed by atoms with E-state index in [0.29, 0.717) is 19.8 Å². The van der Waals surface area contributed by atoms with Gasteiger partial charge in [-0.3, -0.25) is 0 Å². The van der Waals surface area contributed by atoms with Gasteiger partial charge in [-0.2, -0.15) is 0 Å². The third kappa shape index (κ3) is 25.9. The van der Waals surface area contributed by atoms with Crippen LogP contribution in [0.25, 0.3) is 0 Å². The molecule has 3 nitrogen and oxygen atoms in total. The average Bonchev–Trinajstić information content (AvgIpc) is 2.89. The van der Waals surface area contributed by atoms with Crippen molar-refractivity contribution in [3.05, 3.63) is 0 Å². The molecule has 0 aliphatic rings. The molecule has 3 atom stereocenters. The second-order valence-electron chi connectivity index (χ2n) is 12.2. The number of unbranched alkanes of at least 4 members (excludes halogenated alkanes) is 13. The molecule has 3 N–H and O–H groups in total. The lowest BCUT2D eigenvalue weighted by Gasteiger charge is -2.17. The van der Waals surface area contributed by atoms with Crippen molar-refractivity contribution in [1.29, 1.82) is 0 Å². The second-order valence-corrected chi connectivity index (χ2v) is 12.2. The summed E-state index contributed by atoms with van der Waals surface area (Å²) in [6, 6.07) is 0. The molecule has 0 spiro atoms. The molecule has 0 radical (unpaired) electrons. The van der Waals surface area contributed by atoms with E-state index in [4.69, 9.17) is 0 Å². The van der Waals surface area contributed by atoms with Crippen LogP contribution in [0.4, 0.5) is 0 Å². The van der Waals surface area contributed by atoms with Gasteiger partial charge in [0.25, 0.3) is 0 Å². The Balaban J connectivity index is 3.80. The summed E-state index contributed by atoms with van der Waals surface area (Å²) in [6.07, 6.45) is 33.5. The van der Waals surface area contributed by atoms with E-state index in [2.05, 4.69) is 13.8 Å². The van der Waals surface area contributed by atoms with Gasteiger partial charge in [0.15, 0.2) is 0 Å². The standard InChI is InChI=1S/C34H70O3/c1-3-5-7-15-21-33(27-30-36)23-17-11-9-13-19-25-34(28-31-37)24-18-12-8-10-16-22-32(26-29-35)20-14-6-4-2/h32-37H,3-31H2,1-2H3. The highest BCUT2D eigenvalue weighted by Gasteiger charge is 2.10. The molecule has 224 valence electrons. The summed E-state index contributed by atoms with van der Waals surface area (Å²) >= 11 is 0. The Morgan fingerprint density at radius 1 is 0.297 bits per heavy atom. The molecular formula is C34H70O3. The zero-order valence-corrected chi connectivity index (χ0v) is 25.6. The SMILES string of the molecule is CCCCCCC(CCO)CCCCCCCC(CCO)CCCCCCCC(CCO)CCCCC. The van der Waals surface area contributed by atoms with Gasteiger partial charge in [-0.15, -0.1) is 0 Å². The molecule has 0 saturated heterocycles. The van der Waals surface area contributed by atoms with Crippen molar-refractivity contribution < 1.29 is 15.3 Å². The molecule has 0 saturated carbocycles. The van der Waals surface area contributed by atoms with Gasteiger partial charge in [-0.1, -0.05) is 162 Å². The smallest absolute Gasteiger partial charge is 0.0433 e. The molecule has 0 aromatic heterocycles. The Kier molecular flexibility index (Phi) is 30.3. The van der Waals surface area contributed by atoms with Crippen LogP contribution in [0.3, 0.4) is 0 Å². The van der Waals surface area contributed by atoms with Gasteiger partial charge in [0.05, 0.1) is 0 Å². The molecule has 0 aromatic carbocycles. The van der Waals surface area contributed by atoms with Crippen LogP contribution in [0, 0.1) is 17.8 Å². The van der Waals surface area contributed by atoms with Crippen LogP contribution in [0.15, 0.2) is 0 Å². The zero-order valence-electron chi connectivity index (χ0n) is 25.6. The predicted molar refractivity (Wildman–Crippen MR) is 163 cm³/mol. The van der Waals surface area contributed by atoms with Gasteiger partial charge in [0, 0.05) is 19.8 Å². The molecule has 0 bridgehead atoms. The summed E-state index contributed by atoms with van der Waals surface area (Å²) < 4.78 is 0. The maximum absolute atomic E-state index is 9.51.